The van der Waals surface area contributed by atoms with Crippen LogP contribution in [0, 0.1) is 0 Å². The number of rotatable bonds is 7. The number of hydrogen-bond acceptors (Lipinski definition) is 4. The molecule has 1 N–H and O–H groups in total. The summed E-state index contributed by atoms with van der Waals surface area (Å²) < 4.78 is 17.2. The van der Waals surface area contributed by atoms with Gasteiger partial charge >= 0.3 is 0 Å². The van der Waals surface area contributed by atoms with Crippen molar-refractivity contribution in [2.24, 2.45) is 0 Å². The second kappa shape index (κ2) is 7.31. The second-order valence-electron chi connectivity index (χ2n) is 4.83. The zero-order chi connectivity index (χ0) is 12.7. The minimum absolute atomic E-state index is 0.128. The lowest BCUT2D eigenvalue weighted by Crippen LogP contribution is -2.57. The van der Waals surface area contributed by atoms with Gasteiger partial charge in [0, 0.05) is 32.7 Å². The van der Waals surface area contributed by atoms with E-state index in [4.69, 9.17) is 14.2 Å². The van der Waals surface area contributed by atoms with Crippen LogP contribution < -0.4 is 5.32 Å². The maximum atomic E-state index is 6.03. The summed E-state index contributed by atoms with van der Waals surface area (Å²) in [5, 5.41) is 3.35. The van der Waals surface area contributed by atoms with E-state index in [1.54, 1.807) is 0 Å². The van der Waals surface area contributed by atoms with Crippen molar-refractivity contribution < 1.29 is 14.2 Å². The van der Waals surface area contributed by atoms with Gasteiger partial charge in [0.25, 0.3) is 0 Å². The lowest BCUT2D eigenvalue weighted by atomic mass is 9.86. The van der Waals surface area contributed by atoms with Gasteiger partial charge in [-0.3, -0.25) is 0 Å². The van der Waals surface area contributed by atoms with Gasteiger partial charge in [-0.25, -0.2) is 0 Å². The molecule has 0 aromatic rings. The van der Waals surface area contributed by atoms with Crippen LogP contribution in [0.3, 0.4) is 0 Å². The standard InChI is InChI=1S/C13H27NO3/c1-5-17-13(6-8-15-9-7-13)12(14-4)10-16-11(2)3/h11-12,14H,5-10H2,1-4H3. The third kappa shape index (κ3) is 4.21. The molecule has 1 saturated heterocycles. The van der Waals surface area contributed by atoms with Gasteiger partial charge in [-0.15, -0.1) is 0 Å². The highest BCUT2D eigenvalue weighted by Crippen LogP contribution is 2.29. The predicted molar refractivity (Wildman–Crippen MR) is 68.3 cm³/mol. The van der Waals surface area contributed by atoms with Gasteiger partial charge in [0.2, 0.25) is 0 Å². The highest BCUT2D eigenvalue weighted by atomic mass is 16.5. The summed E-state index contributed by atoms with van der Waals surface area (Å²) in [5.74, 6) is 0. The molecule has 0 bridgehead atoms. The largest absolute Gasteiger partial charge is 0.381 e. The molecule has 1 rings (SSSR count). The van der Waals surface area contributed by atoms with Crippen molar-refractivity contribution in [2.75, 3.05) is 33.5 Å². The van der Waals surface area contributed by atoms with E-state index < -0.39 is 0 Å². The van der Waals surface area contributed by atoms with E-state index in [1.807, 2.05) is 14.0 Å². The Morgan fingerprint density at radius 2 is 1.94 bits per heavy atom. The van der Waals surface area contributed by atoms with Crippen LogP contribution in [0.15, 0.2) is 0 Å². The van der Waals surface area contributed by atoms with Crippen LogP contribution in [-0.4, -0.2) is 51.2 Å². The Hall–Kier alpha value is -0.160. The molecule has 1 unspecified atom stereocenters. The van der Waals surface area contributed by atoms with Crippen LogP contribution >= 0.6 is 0 Å². The molecular weight excluding hydrogens is 218 g/mol. The topological polar surface area (TPSA) is 39.7 Å². The van der Waals surface area contributed by atoms with Crippen molar-refractivity contribution in [2.45, 2.75) is 51.4 Å². The van der Waals surface area contributed by atoms with Gasteiger partial charge in [0.1, 0.15) is 0 Å². The van der Waals surface area contributed by atoms with Gasteiger partial charge < -0.3 is 19.5 Å². The van der Waals surface area contributed by atoms with Crippen molar-refractivity contribution in [1.82, 2.24) is 5.32 Å². The first-order chi connectivity index (χ1) is 8.14. The van der Waals surface area contributed by atoms with Gasteiger partial charge in [-0.1, -0.05) is 0 Å². The Labute approximate surface area is 105 Å². The van der Waals surface area contributed by atoms with E-state index in [-0.39, 0.29) is 17.7 Å². The van der Waals surface area contributed by atoms with E-state index in [0.29, 0.717) is 6.61 Å². The van der Waals surface area contributed by atoms with Crippen molar-refractivity contribution in [3.63, 3.8) is 0 Å². The number of hydrogen-bond donors (Lipinski definition) is 1. The van der Waals surface area contributed by atoms with E-state index in [1.165, 1.54) is 0 Å². The predicted octanol–water partition coefficient (Wildman–Crippen LogP) is 1.59. The van der Waals surface area contributed by atoms with Crippen LogP contribution in [0.25, 0.3) is 0 Å². The normalized spacial score (nSPS) is 21.7. The molecule has 0 aromatic heterocycles. The summed E-state index contributed by atoms with van der Waals surface area (Å²) in [7, 11) is 1.98. The summed E-state index contributed by atoms with van der Waals surface area (Å²) in [6.07, 6.45) is 2.13. The van der Waals surface area contributed by atoms with Gasteiger partial charge in [-0.05, 0) is 27.8 Å². The molecule has 0 saturated carbocycles. The average Bonchev–Trinajstić information content (AvgIpc) is 2.31. The molecule has 102 valence electrons. The molecule has 4 nitrogen and oxygen atoms in total. The maximum absolute atomic E-state index is 6.03. The smallest absolute Gasteiger partial charge is 0.0900 e. The summed E-state index contributed by atoms with van der Waals surface area (Å²) in [6, 6.07) is 0.230. The minimum atomic E-state index is -0.128. The molecule has 1 fully saturated rings. The third-order valence-electron chi connectivity index (χ3n) is 3.35. The second-order valence-corrected chi connectivity index (χ2v) is 4.83. The lowest BCUT2D eigenvalue weighted by molar-refractivity contribution is -0.138. The molecule has 0 aliphatic carbocycles. The Morgan fingerprint density at radius 3 is 2.41 bits per heavy atom. The van der Waals surface area contributed by atoms with Crippen LogP contribution in [-0.2, 0) is 14.2 Å². The third-order valence-corrected chi connectivity index (χ3v) is 3.35. The molecule has 1 atom stereocenters. The molecule has 0 radical (unpaired) electrons. The monoisotopic (exact) mass is 245 g/mol. The number of likely N-dealkylation sites (N-methyl/N-ethyl adjacent to an activating group) is 1. The number of nitrogens with one attached hydrogen (secondary N) is 1. The summed E-state index contributed by atoms with van der Waals surface area (Å²) >= 11 is 0. The zero-order valence-corrected chi connectivity index (χ0v) is 11.6. The van der Waals surface area contributed by atoms with E-state index >= 15 is 0 Å². The van der Waals surface area contributed by atoms with Gasteiger partial charge in [0.15, 0.2) is 0 Å². The van der Waals surface area contributed by atoms with Gasteiger partial charge in [0.05, 0.1) is 24.4 Å². The average molecular weight is 245 g/mol. The van der Waals surface area contributed by atoms with E-state index in [9.17, 15) is 0 Å². The minimum Gasteiger partial charge on any atom is -0.381 e. The molecule has 1 aliphatic heterocycles. The molecule has 1 aliphatic rings. The fourth-order valence-corrected chi connectivity index (χ4v) is 2.38. The van der Waals surface area contributed by atoms with Gasteiger partial charge in [-0.2, -0.15) is 0 Å². The Balaban J connectivity index is 2.63. The summed E-state index contributed by atoms with van der Waals surface area (Å²) in [5.41, 5.74) is -0.128. The number of ether oxygens (including phenoxy) is 3. The first-order valence-corrected chi connectivity index (χ1v) is 6.65. The van der Waals surface area contributed by atoms with Crippen LogP contribution in [0.4, 0.5) is 0 Å². The SMILES string of the molecule is CCOC1(C(COC(C)C)NC)CCOCC1. The molecule has 0 aromatic carbocycles. The van der Waals surface area contributed by atoms with Crippen molar-refractivity contribution in [3.8, 4) is 0 Å². The van der Waals surface area contributed by atoms with Crippen LogP contribution in [0.2, 0.25) is 0 Å². The molecular formula is C13H27NO3. The highest BCUT2D eigenvalue weighted by Gasteiger charge is 2.40. The first kappa shape index (κ1) is 14.9. The fourth-order valence-electron chi connectivity index (χ4n) is 2.38. The Morgan fingerprint density at radius 1 is 1.29 bits per heavy atom. The zero-order valence-electron chi connectivity index (χ0n) is 11.6. The molecule has 0 amide bonds. The van der Waals surface area contributed by atoms with Crippen molar-refractivity contribution in [1.29, 1.82) is 0 Å². The van der Waals surface area contributed by atoms with Crippen LogP contribution in [0.5, 0.6) is 0 Å². The van der Waals surface area contributed by atoms with Crippen LogP contribution in [0.1, 0.15) is 33.6 Å². The Bertz CT molecular complexity index is 197. The molecule has 4 heteroatoms. The van der Waals surface area contributed by atoms with E-state index in [0.717, 1.165) is 32.7 Å². The summed E-state index contributed by atoms with van der Waals surface area (Å²) in [6.45, 7) is 9.15. The molecule has 1 heterocycles. The molecule has 0 spiro atoms. The fraction of sp³-hybridized carbons (Fsp3) is 1.00. The summed E-state index contributed by atoms with van der Waals surface area (Å²) in [4.78, 5) is 0. The highest BCUT2D eigenvalue weighted by molar-refractivity contribution is 4.94. The lowest BCUT2D eigenvalue weighted by Gasteiger charge is -2.43. The maximum Gasteiger partial charge on any atom is 0.0900 e. The molecule has 17 heavy (non-hydrogen) atoms. The van der Waals surface area contributed by atoms with Crippen molar-refractivity contribution in [3.05, 3.63) is 0 Å². The van der Waals surface area contributed by atoms with Crippen molar-refractivity contribution >= 4 is 0 Å². The quantitative estimate of drug-likeness (QED) is 0.739. The Kier molecular flexibility index (Phi) is 6.41. The first-order valence-electron chi connectivity index (χ1n) is 6.65. The van der Waals surface area contributed by atoms with E-state index in [2.05, 4.69) is 19.2 Å².